The van der Waals surface area contributed by atoms with Crippen molar-refractivity contribution in [2.75, 3.05) is 6.61 Å². The summed E-state index contributed by atoms with van der Waals surface area (Å²) in [4.78, 5) is 0. The molecule has 0 aliphatic rings. The molecule has 0 amide bonds. The number of halogens is 1. The Bertz CT molecular complexity index is 360. The Morgan fingerprint density at radius 1 is 1.17 bits per heavy atom. The second-order valence-electron chi connectivity index (χ2n) is 4.51. The quantitative estimate of drug-likeness (QED) is 0.519. The van der Waals surface area contributed by atoms with Gasteiger partial charge in [-0.15, -0.1) is 0 Å². The number of hydrogen-bond donors (Lipinski definition) is 0. The first kappa shape index (κ1) is 15.1. The molecule has 1 aromatic rings. The van der Waals surface area contributed by atoms with Gasteiger partial charge in [0.05, 0.1) is 11.6 Å². The van der Waals surface area contributed by atoms with Crippen LogP contribution in [0.15, 0.2) is 24.8 Å². The van der Waals surface area contributed by atoms with Gasteiger partial charge in [-0.2, -0.15) is 0 Å². The molecule has 0 aliphatic heterocycles. The molecule has 100 valence electrons. The molecule has 0 N–H and O–H groups in total. The lowest BCUT2D eigenvalue weighted by atomic mass is 10.1. The van der Waals surface area contributed by atoms with Crippen LogP contribution in [-0.4, -0.2) is 6.61 Å². The molecule has 2 heteroatoms. The lowest BCUT2D eigenvalue weighted by Gasteiger charge is -2.08. The highest BCUT2D eigenvalue weighted by atomic mass is 35.5. The normalized spacial score (nSPS) is 10.3. The largest absolute Gasteiger partial charge is 0.492 e. The molecule has 0 aromatic heterocycles. The monoisotopic (exact) mass is 266 g/mol. The van der Waals surface area contributed by atoms with E-state index in [-0.39, 0.29) is 0 Å². The second-order valence-corrected chi connectivity index (χ2v) is 4.92. The van der Waals surface area contributed by atoms with Gasteiger partial charge in [0.2, 0.25) is 0 Å². The van der Waals surface area contributed by atoms with Crippen molar-refractivity contribution < 1.29 is 4.74 Å². The molecule has 0 atom stereocenters. The Kier molecular flexibility index (Phi) is 7.59. The third kappa shape index (κ3) is 5.59. The maximum Gasteiger partial charge on any atom is 0.137 e. The Hall–Kier alpha value is -0.950. The zero-order valence-electron chi connectivity index (χ0n) is 11.3. The molecule has 1 nitrogen and oxygen atoms in total. The number of unbranched alkanes of at least 4 members (excludes halogenated alkanes) is 5. The average Bonchev–Trinajstić information content (AvgIpc) is 2.39. The van der Waals surface area contributed by atoms with Gasteiger partial charge in [0.15, 0.2) is 0 Å². The molecule has 0 aliphatic carbocycles. The second kappa shape index (κ2) is 9.04. The van der Waals surface area contributed by atoms with Crippen LogP contribution in [0.4, 0.5) is 0 Å². The molecule has 0 radical (unpaired) electrons. The van der Waals surface area contributed by atoms with Crippen LogP contribution in [0.2, 0.25) is 5.02 Å². The van der Waals surface area contributed by atoms with Crippen molar-refractivity contribution in [2.24, 2.45) is 0 Å². The summed E-state index contributed by atoms with van der Waals surface area (Å²) < 4.78 is 5.68. The molecule has 0 saturated carbocycles. The predicted molar refractivity (Wildman–Crippen MR) is 80.4 cm³/mol. The first-order valence-electron chi connectivity index (χ1n) is 6.82. The summed E-state index contributed by atoms with van der Waals surface area (Å²) in [6, 6.07) is 5.76. The molecule has 0 saturated heterocycles. The van der Waals surface area contributed by atoms with Crippen LogP contribution in [0.25, 0.3) is 6.08 Å². The van der Waals surface area contributed by atoms with Gasteiger partial charge < -0.3 is 4.74 Å². The fourth-order valence-corrected chi connectivity index (χ4v) is 2.07. The molecule has 0 spiro atoms. The van der Waals surface area contributed by atoms with E-state index in [4.69, 9.17) is 16.3 Å². The molecule has 0 bridgehead atoms. The minimum Gasteiger partial charge on any atom is -0.492 e. The van der Waals surface area contributed by atoms with Crippen LogP contribution in [-0.2, 0) is 0 Å². The maximum absolute atomic E-state index is 6.12. The van der Waals surface area contributed by atoms with Gasteiger partial charge >= 0.3 is 0 Å². The smallest absolute Gasteiger partial charge is 0.137 e. The molecule has 0 heterocycles. The summed E-state index contributed by atoms with van der Waals surface area (Å²) in [6.07, 6.45) is 9.40. The van der Waals surface area contributed by atoms with Crippen LogP contribution in [0, 0.1) is 0 Å². The van der Waals surface area contributed by atoms with Crippen molar-refractivity contribution in [3.8, 4) is 5.75 Å². The Balaban J connectivity index is 2.21. The summed E-state index contributed by atoms with van der Waals surface area (Å²) in [6.45, 7) is 6.70. The van der Waals surface area contributed by atoms with E-state index < -0.39 is 0 Å². The minimum absolute atomic E-state index is 0.665. The van der Waals surface area contributed by atoms with Gasteiger partial charge in [-0.25, -0.2) is 0 Å². The summed E-state index contributed by atoms with van der Waals surface area (Å²) in [5.74, 6) is 0.774. The van der Waals surface area contributed by atoms with E-state index in [0.717, 1.165) is 24.3 Å². The SMILES string of the molecule is C=Cc1ccc(OCCCCCCCC)c(Cl)c1. The zero-order valence-corrected chi connectivity index (χ0v) is 12.0. The van der Waals surface area contributed by atoms with Gasteiger partial charge in [0, 0.05) is 0 Å². The van der Waals surface area contributed by atoms with Crippen LogP contribution in [0.1, 0.15) is 51.0 Å². The fraction of sp³-hybridized carbons (Fsp3) is 0.500. The van der Waals surface area contributed by atoms with Crippen molar-refractivity contribution in [1.82, 2.24) is 0 Å². The Labute approximate surface area is 116 Å². The third-order valence-corrected chi connectivity index (χ3v) is 3.24. The van der Waals surface area contributed by atoms with E-state index in [1.165, 1.54) is 32.1 Å². The summed E-state index contributed by atoms with van der Waals surface area (Å²) in [5.41, 5.74) is 1.02. The van der Waals surface area contributed by atoms with E-state index in [1.807, 2.05) is 18.2 Å². The molecule has 18 heavy (non-hydrogen) atoms. The Morgan fingerprint density at radius 2 is 1.89 bits per heavy atom. The number of ether oxygens (including phenoxy) is 1. The number of benzene rings is 1. The zero-order chi connectivity index (χ0) is 13.2. The van der Waals surface area contributed by atoms with Gasteiger partial charge in [0.1, 0.15) is 5.75 Å². The lowest BCUT2D eigenvalue weighted by Crippen LogP contribution is -1.98. The molecule has 0 fully saturated rings. The van der Waals surface area contributed by atoms with Crippen LogP contribution < -0.4 is 4.74 Å². The molecule has 1 rings (SSSR count). The third-order valence-electron chi connectivity index (χ3n) is 2.95. The highest BCUT2D eigenvalue weighted by molar-refractivity contribution is 6.32. The number of rotatable bonds is 9. The Morgan fingerprint density at radius 3 is 2.56 bits per heavy atom. The molecule has 0 unspecified atom stereocenters. The first-order chi connectivity index (χ1) is 8.77. The van der Waals surface area contributed by atoms with Gasteiger partial charge in [-0.05, 0) is 24.1 Å². The number of hydrogen-bond acceptors (Lipinski definition) is 1. The fourth-order valence-electron chi connectivity index (χ4n) is 1.83. The van der Waals surface area contributed by atoms with Crippen molar-refractivity contribution in [2.45, 2.75) is 45.4 Å². The van der Waals surface area contributed by atoms with Crippen molar-refractivity contribution in [3.05, 3.63) is 35.4 Å². The van der Waals surface area contributed by atoms with Crippen LogP contribution >= 0.6 is 11.6 Å². The summed E-state index contributed by atoms with van der Waals surface area (Å²) >= 11 is 6.12. The molecular weight excluding hydrogens is 244 g/mol. The first-order valence-corrected chi connectivity index (χ1v) is 7.20. The highest BCUT2D eigenvalue weighted by Gasteiger charge is 2.01. The average molecular weight is 267 g/mol. The molecular formula is C16H23ClO. The van der Waals surface area contributed by atoms with E-state index in [1.54, 1.807) is 6.08 Å². The van der Waals surface area contributed by atoms with E-state index in [9.17, 15) is 0 Å². The summed E-state index contributed by atoms with van der Waals surface area (Å²) in [5, 5.41) is 0.665. The van der Waals surface area contributed by atoms with Gasteiger partial charge in [-0.1, -0.05) is 69.4 Å². The van der Waals surface area contributed by atoms with E-state index in [0.29, 0.717) is 5.02 Å². The maximum atomic E-state index is 6.12. The standard InChI is InChI=1S/C16H23ClO/c1-3-5-6-7-8-9-12-18-16-11-10-14(4-2)13-15(16)17/h4,10-11,13H,2-3,5-9,12H2,1H3. The van der Waals surface area contributed by atoms with E-state index >= 15 is 0 Å². The lowest BCUT2D eigenvalue weighted by molar-refractivity contribution is 0.304. The van der Waals surface area contributed by atoms with Crippen molar-refractivity contribution >= 4 is 17.7 Å². The minimum atomic E-state index is 0.665. The topological polar surface area (TPSA) is 9.23 Å². The highest BCUT2D eigenvalue weighted by Crippen LogP contribution is 2.26. The predicted octanol–water partition coefficient (Wildman–Crippen LogP) is 5.72. The van der Waals surface area contributed by atoms with Crippen molar-refractivity contribution in [1.29, 1.82) is 0 Å². The van der Waals surface area contributed by atoms with E-state index in [2.05, 4.69) is 13.5 Å². The van der Waals surface area contributed by atoms with Gasteiger partial charge in [0.25, 0.3) is 0 Å². The molecule has 1 aromatic carbocycles. The van der Waals surface area contributed by atoms with Crippen LogP contribution in [0.3, 0.4) is 0 Å². The van der Waals surface area contributed by atoms with Crippen molar-refractivity contribution in [3.63, 3.8) is 0 Å². The van der Waals surface area contributed by atoms with Crippen LogP contribution in [0.5, 0.6) is 5.75 Å². The van der Waals surface area contributed by atoms with Gasteiger partial charge in [-0.3, -0.25) is 0 Å². The summed E-state index contributed by atoms with van der Waals surface area (Å²) in [7, 11) is 0.